The van der Waals surface area contributed by atoms with Crippen LogP contribution in [0.25, 0.3) is 0 Å². The second-order valence-corrected chi connectivity index (χ2v) is 10.8. The molecular formula is C24H49NaO4S. The molecule has 0 radical (unpaired) electrons. The minimum Gasteiger partial charge on any atom is -0.748 e. The maximum Gasteiger partial charge on any atom is 1.00 e. The number of unbranched alkanes of at least 4 members (excludes halogenated alkanes) is 15. The normalized spacial score (nSPS) is 13.7. The molecule has 0 fully saturated rings. The Hall–Kier alpha value is 0.870. The maximum atomic E-state index is 10.8. The third-order valence-corrected chi connectivity index (χ3v) is 7.25. The van der Waals surface area contributed by atoms with E-state index in [4.69, 9.17) is 0 Å². The molecule has 0 rings (SSSR count). The minimum absolute atomic E-state index is 0. The van der Waals surface area contributed by atoms with Gasteiger partial charge in [-0.25, -0.2) is 8.42 Å². The van der Waals surface area contributed by atoms with Crippen molar-refractivity contribution < 1.29 is 47.6 Å². The molecule has 0 aliphatic heterocycles. The minimum atomic E-state index is -4.09. The quantitative estimate of drug-likeness (QED) is 0.151. The Bertz CT molecular complexity index is 442. The molecule has 0 aliphatic carbocycles. The van der Waals surface area contributed by atoms with Crippen molar-refractivity contribution in [2.45, 2.75) is 154 Å². The molecule has 30 heavy (non-hydrogen) atoms. The Labute approximate surface area is 210 Å². The predicted octanol–water partition coefficient (Wildman–Crippen LogP) is 4.11. The van der Waals surface area contributed by atoms with E-state index >= 15 is 0 Å². The number of hydrogen-bond acceptors (Lipinski definition) is 4. The standard InChI is InChI=1S/C24H50O4S.Na/c1-3-4-21-24(25)22-19-17-15-13-11-9-7-5-6-8-10-12-14-16-18-20-23(2)29(26,27)28;/h23-25H,3-22H2,1-2H3,(H,26,27,28);/q;+1/p-1. The molecule has 0 aliphatic rings. The number of hydrogen-bond donors (Lipinski definition) is 1. The van der Waals surface area contributed by atoms with Gasteiger partial charge in [0.1, 0.15) is 0 Å². The van der Waals surface area contributed by atoms with E-state index in [1.807, 2.05) is 0 Å². The molecule has 0 bridgehead atoms. The van der Waals surface area contributed by atoms with E-state index in [0.29, 0.717) is 6.42 Å². The first-order chi connectivity index (χ1) is 13.9. The van der Waals surface area contributed by atoms with Gasteiger partial charge in [-0.05, 0) is 26.2 Å². The van der Waals surface area contributed by atoms with Crippen LogP contribution in [0.15, 0.2) is 0 Å². The molecule has 0 heterocycles. The van der Waals surface area contributed by atoms with Gasteiger partial charge in [-0.2, -0.15) is 0 Å². The van der Waals surface area contributed by atoms with Gasteiger partial charge in [-0.1, -0.05) is 116 Å². The van der Waals surface area contributed by atoms with Gasteiger partial charge in [0.15, 0.2) is 0 Å². The Morgan fingerprint density at radius 3 is 1.27 bits per heavy atom. The van der Waals surface area contributed by atoms with Gasteiger partial charge in [-0.3, -0.25) is 0 Å². The Morgan fingerprint density at radius 1 is 0.633 bits per heavy atom. The van der Waals surface area contributed by atoms with Crippen LogP contribution in [0.1, 0.15) is 142 Å². The van der Waals surface area contributed by atoms with Crippen molar-refractivity contribution in [1.82, 2.24) is 0 Å². The van der Waals surface area contributed by atoms with Crippen molar-refractivity contribution in [3.05, 3.63) is 0 Å². The summed E-state index contributed by atoms with van der Waals surface area (Å²) in [6.45, 7) is 3.69. The van der Waals surface area contributed by atoms with Gasteiger partial charge in [0.05, 0.1) is 16.2 Å². The average Bonchev–Trinajstić information content (AvgIpc) is 2.67. The summed E-state index contributed by atoms with van der Waals surface area (Å²) in [6.07, 6.45) is 23.5. The van der Waals surface area contributed by atoms with Gasteiger partial charge in [0, 0.05) is 5.25 Å². The van der Waals surface area contributed by atoms with E-state index in [1.54, 1.807) is 0 Å². The van der Waals surface area contributed by atoms with Gasteiger partial charge < -0.3 is 9.66 Å². The van der Waals surface area contributed by atoms with Gasteiger partial charge >= 0.3 is 29.6 Å². The summed E-state index contributed by atoms with van der Waals surface area (Å²) >= 11 is 0. The number of aliphatic hydroxyl groups excluding tert-OH is 1. The molecule has 6 heteroatoms. The Balaban J connectivity index is 0. The molecule has 1 N–H and O–H groups in total. The fourth-order valence-corrected chi connectivity index (χ4v) is 4.29. The molecule has 2 unspecified atom stereocenters. The first kappa shape index (κ1) is 33.0. The maximum absolute atomic E-state index is 10.8. The topological polar surface area (TPSA) is 77.4 Å². The molecule has 176 valence electrons. The SMILES string of the molecule is CCCCC(O)CCCCCCCCCCCCCCCCCC(C)S(=O)(=O)[O-].[Na+]. The number of aliphatic hydroxyl groups is 1. The third-order valence-electron chi connectivity index (χ3n) is 6.03. The fraction of sp³-hybridized carbons (Fsp3) is 1.00. The Kier molecular flexibility index (Phi) is 25.4. The molecule has 0 aromatic heterocycles. The van der Waals surface area contributed by atoms with Crippen molar-refractivity contribution in [2.75, 3.05) is 0 Å². The van der Waals surface area contributed by atoms with Crippen molar-refractivity contribution in [2.24, 2.45) is 0 Å². The van der Waals surface area contributed by atoms with E-state index in [1.165, 1.54) is 90.4 Å². The van der Waals surface area contributed by atoms with Crippen LogP contribution in [0.2, 0.25) is 0 Å². The second kappa shape index (κ2) is 23.0. The molecule has 0 aromatic carbocycles. The van der Waals surface area contributed by atoms with Gasteiger partial charge in [0.25, 0.3) is 0 Å². The first-order valence-corrected chi connectivity index (χ1v) is 14.0. The van der Waals surface area contributed by atoms with Crippen LogP contribution in [-0.4, -0.2) is 29.4 Å². The summed E-state index contributed by atoms with van der Waals surface area (Å²) in [7, 11) is -4.09. The largest absolute Gasteiger partial charge is 1.00 e. The van der Waals surface area contributed by atoms with Gasteiger partial charge in [-0.15, -0.1) is 0 Å². The van der Waals surface area contributed by atoms with Crippen LogP contribution in [0.4, 0.5) is 0 Å². The van der Waals surface area contributed by atoms with Crippen LogP contribution in [0.3, 0.4) is 0 Å². The summed E-state index contributed by atoms with van der Waals surface area (Å²) in [6, 6.07) is 0. The van der Waals surface area contributed by atoms with Crippen molar-refractivity contribution >= 4 is 10.1 Å². The van der Waals surface area contributed by atoms with Gasteiger partial charge in [0.2, 0.25) is 0 Å². The molecule has 0 spiro atoms. The summed E-state index contributed by atoms with van der Waals surface area (Å²) in [5, 5.41) is 9.08. The molecule has 4 nitrogen and oxygen atoms in total. The zero-order chi connectivity index (χ0) is 21.8. The molecular weight excluding hydrogens is 407 g/mol. The van der Waals surface area contributed by atoms with Crippen LogP contribution in [0, 0.1) is 0 Å². The smallest absolute Gasteiger partial charge is 0.748 e. The monoisotopic (exact) mass is 456 g/mol. The van der Waals surface area contributed by atoms with Crippen LogP contribution in [-0.2, 0) is 10.1 Å². The third kappa shape index (κ3) is 23.5. The zero-order valence-electron chi connectivity index (χ0n) is 20.4. The van der Waals surface area contributed by atoms with E-state index in [-0.39, 0.29) is 35.7 Å². The van der Waals surface area contributed by atoms with Crippen molar-refractivity contribution in [1.29, 1.82) is 0 Å². The Morgan fingerprint density at radius 2 is 0.933 bits per heavy atom. The summed E-state index contributed by atoms with van der Waals surface area (Å²) in [5.74, 6) is 0. The van der Waals surface area contributed by atoms with E-state index in [9.17, 15) is 18.1 Å². The van der Waals surface area contributed by atoms with E-state index in [2.05, 4.69) is 6.92 Å². The molecule has 0 amide bonds. The summed E-state index contributed by atoms with van der Waals surface area (Å²) in [4.78, 5) is 0. The zero-order valence-corrected chi connectivity index (χ0v) is 23.2. The molecule has 2 atom stereocenters. The fourth-order valence-electron chi connectivity index (χ4n) is 3.84. The van der Waals surface area contributed by atoms with E-state index in [0.717, 1.165) is 38.5 Å². The van der Waals surface area contributed by atoms with E-state index < -0.39 is 15.4 Å². The van der Waals surface area contributed by atoms with Crippen molar-refractivity contribution in [3.63, 3.8) is 0 Å². The summed E-state index contributed by atoms with van der Waals surface area (Å²) < 4.78 is 32.4. The van der Waals surface area contributed by atoms with Crippen LogP contribution < -0.4 is 29.6 Å². The van der Waals surface area contributed by atoms with Crippen LogP contribution >= 0.6 is 0 Å². The van der Waals surface area contributed by atoms with Crippen LogP contribution in [0.5, 0.6) is 0 Å². The number of rotatable bonds is 22. The molecule has 0 saturated heterocycles. The first-order valence-electron chi connectivity index (χ1n) is 12.5. The predicted molar refractivity (Wildman–Crippen MR) is 123 cm³/mol. The summed E-state index contributed by atoms with van der Waals surface area (Å²) in [5.41, 5.74) is 0. The van der Waals surface area contributed by atoms with Crippen molar-refractivity contribution in [3.8, 4) is 0 Å². The second-order valence-electron chi connectivity index (χ2n) is 8.98. The molecule has 0 saturated carbocycles. The average molecular weight is 457 g/mol. The molecule has 0 aromatic rings.